The first-order chi connectivity index (χ1) is 15.2. The van der Waals surface area contributed by atoms with E-state index in [-0.39, 0.29) is 11.3 Å². The number of methoxy groups -OCH3 is 1. The summed E-state index contributed by atoms with van der Waals surface area (Å²) < 4.78 is 17.7. The van der Waals surface area contributed by atoms with Crippen LogP contribution in [0.25, 0.3) is 0 Å². The van der Waals surface area contributed by atoms with Gasteiger partial charge in [0.2, 0.25) is 5.91 Å². The number of carbonyl (C=O) groups excluding carboxylic acids is 1. The van der Waals surface area contributed by atoms with Gasteiger partial charge in [0.1, 0.15) is 5.75 Å². The van der Waals surface area contributed by atoms with Gasteiger partial charge in [0.25, 0.3) is 0 Å². The molecule has 0 heterocycles. The Hall–Kier alpha value is -2.54. The molecule has 0 fully saturated rings. The molecule has 0 atom stereocenters. The van der Waals surface area contributed by atoms with Gasteiger partial charge in [-0.3, -0.25) is 4.79 Å². The standard InChI is InChI=1S/C25H33BrN2O4/c1-6-13-31-22-11-9-18(15-23(22)30-5)17-27-28-24(29)8-7-14-32-21-12-10-19(16-20(21)26)25(2,3)4/h9-12,15-17H,6-8,13-14H2,1-5H3,(H,28,29)/b27-17+. The summed E-state index contributed by atoms with van der Waals surface area (Å²) in [7, 11) is 1.59. The van der Waals surface area contributed by atoms with Crippen LogP contribution < -0.4 is 19.6 Å². The van der Waals surface area contributed by atoms with Crippen LogP contribution in [0.15, 0.2) is 46.0 Å². The van der Waals surface area contributed by atoms with Crippen molar-refractivity contribution in [1.29, 1.82) is 0 Å². The van der Waals surface area contributed by atoms with E-state index in [2.05, 4.69) is 59.4 Å². The molecule has 174 valence electrons. The van der Waals surface area contributed by atoms with E-state index in [0.717, 1.165) is 22.2 Å². The van der Waals surface area contributed by atoms with Crippen LogP contribution in [0, 0.1) is 0 Å². The van der Waals surface area contributed by atoms with Crippen molar-refractivity contribution in [2.45, 2.75) is 52.4 Å². The Morgan fingerprint density at radius 3 is 2.44 bits per heavy atom. The maximum atomic E-state index is 12.0. The van der Waals surface area contributed by atoms with Gasteiger partial charge in [-0.2, -0.15) is 5.10 Å². The Morgan fingerprint density at radius 1 is 1.06 bits per heavy atom. The normalized spacial score (nSPS) is 11.4. The molecule has 2 rings (SSSR count). The highest BCUT2D eigenvalue weighted by molar-refractivity contribution is 9.10. The maximum absolute atomic E-state index is 12.0. The Kier molecular flexibility index (Phi) is 10.0. The first-order valence-electron chi connectivity index (χ1n) is 10.8. The van der Waals surface area contributed by atoms with E-state index in [1.54, 1.807) is 13.3 Å². The fourth-order valence-corrected chi connectivity index (χ4v) is 3.32. The van der Waals surface area contributed by atoms with Crippen LogP contribution >= 0.6 is 15.9 Å². The van der Waals surface area contributed by atoms with Crippen LogP contribution in [-0.2, 0) is 10.2 Å². The summed E-state index contributed by atoms with van der Waals surface area (Å²) in [4.78, 5) is 12.0. The molecule has 32 heavy (non-hydrogen) atoms. The molecule has 0 aromatic heterocycles. The fraction of sp³-hybridized carbons (Fsp3) is 0.440. The van der Waals surface area contributed by atoms with Crippen LogP contribution in [0.1, 0.15) is 58.1 Å². The Morgan fingerprint density at radius 2 is 1.78 bits per heavy atom. The molecule has 0 aliphatic heterocycles. The molecule has 0 aliphatic rings. The quantitative estimate of drug-likeness (QED) is 0.236. The number of carbonyl (C=O) groups is 1. The van der Waals surface area contributed by atoms with Gasteiger partial charge in [0.05, 0.1) is 31.0 Å². The topological polar surface area (TPSA) is 69.2 Å². The van der Waals surface area contributed by atoms with E-state index in [1.165, 1.54) is 5.56 Å². The highest BCUT2D eigenvalue weighted by atomic mass is 79.9. The van der Waals surface area contributed by atoms with Gasteiger partial charge in [0, 0.05) is 6.42 Å². The predicted octanol–water partition coefficient (Wildman–Crippen LogP) is 5.85. The molecule has 0 bridgehead atoms. The maximum Gasteiger partial charge on any atom is 0.240 e. The predicted molar refractivity (Wildman–Crippen MR) is 132 cm³/mol. The molecule has 7 heteroatoms. The van der Waals surface area contributed by atoms with Crippen molar-refractivity contribution in [3.63, 3.8) is 0 Å². The summed E-state index contributed by atoms with van der Waals surface area (Å²) in [5, 5.41) is 4.02. The zero-order valence-electron chi connectivity index (χ0n) is 19.5. The molecule has 0 radical (unpaired) electrons. The van der Waals surface area contributed by atoms with E-state index in [9.17, 15) is 4.79 Å². The third kappa shape index (κ3) is 8.19. The summed E-state index contributed by atoms with van der Waals surface area (Å²) in [5.41, 5.74) is 4.66. The zero-order chi connectivity index (χ0) is 23.6. The number of nitrogens with one attached hydrogen (secondary N) is 1. The number of halogens is 1. The minimum Gasteiger partial charge on any atom is -0.493 e. The Labute approximate surface area is 199 Å². The van der Waals surface area contributed by atoms with Crippen molar-refractivity contribution in [3.8, 4) is 17.2 Å². The molecule has 0 unspecified atom stereocenters. The van der Waals surface area contributed by atoms with Crippen LogP contribution in [0.4, 0.5) is 0 Å². The second kappa shape index (κ2) is 12.5. The van der Waals surface area contributed by atoms with E-state index < -0.39 is 0 Å². The second-order valence-electron chi connectivity index (χ2n) is 8.40. The molecule has 6 nitrogen and oxygen atoms in total. The number of amides is 1. The van der Waals surface area contributed by atoms with Crippen molar-refractivity contribution in [2.24, 2.45) is 5.10 Å². The van der Waals surface area contributed by atoms with Gasteiger partial charge >= 0.3 is 0 Å². The number of rotatable bonds is 11. The summed E-state index contributed by atoms with van der Waals surface area (Å²) in [6.45, 7) is 9.63. The lowest BCUT2D eigenvalue weighted by Crippen LogP contribution is -2.18. The average Bonchev–Trinajstić information content (AvgIpc) is 2.75. The summed E-state index contributed by atoms with van der Waals surface area (Å²) in [6, 6.07) is 11.6. The van der Waals surface area contributed by atoms with E-state index in [4.69, 9.17) is 14.2 Å². The first-order valence-corrected chi connectivity index (χ1v) is 11.6. The highest BCUT2D eigenvalue weighted by Crippen LogP contribution is 2.31. The highest BCUT2D eigenvalue weighted by Gasteiger charge is 2.15. The lowest BCUT2D eigenvalue weighted by atomic mass is 9.87. The van der Waals surface area contributed by atoms with Crippen LogP contribution in [0.3, 0.4) is 0 Å². The first kappa shape index (κ1) is 25.7. The van der Waals surface area contributed by atoms with Crippen LogP contribution in [-0.4, -0.2) is 32.4 Å². The van der Waals surface area contributed by atoms with Gasteiger partial charge in [-0.15, -0.1) is 0 Å². The third-order valence-corrected chi connectivity index (χ3v) is 5.28. The average molecular weight is 505 g/mol. The Bertz CT molecular complexity index is 923. The van der Waals surface area contributed by atoms with E-state index in [1.807, 2.05) is 31.2 Å². The molecular weight excluding hydrogens is 472 g/mol. The molecule has 2 aromatic carbocycles. The van der Waals surface area contributed by atoms with E-state index in [0.29, 0.717) is 37.6 Å². The van der Waals surface area contributed by atoms with Crippen molar-refractivity contribution < 1.29 is 19.0 Å². The fourth-order valence-electron chi connectivity index (χ4n) is 2.83. The molecule has 0 aliphatic carbocycles. The van der Waals surface area contributed by atoms with Crippen molar-refractivity contribution in [2.75, 3.05) is 20.3 Å². The molecule has 1 amide bonds. The molecule has 0 spiro atoms. The van der Waals surface area contributed by atoms with Crippen LogP contribution in [0.2, 0.25) is 0 Å². The van der Waals surface area contributed by atoms with Gasteiger partial charge in [-0.1, -0.05) is 33.8 Å². The number of hydrogen-bond donors (Lipinski definition) is 1. The largest absolute Gasteiger partial charge is 0.493 e. The van der Waals surface area contributed by atoms with Gasteiger partial charge in [-0.25, -0.2) is 5.43 Å². The number of nitrogens with zero attached hydrogens (tertiary/aromatic N) is 1. The number of ether oxygens (including phenoxy) is 3. The Balaban J connectivity index is 1.76. The molecule has 0 saturated carbocycles. The molecule has 2 aromatic rings. The SMILES string of the molecule is CCCOc1ccc(/C=N/NC(=O)CCCOc2ccc(C(C)(C)C)cc2Br)cc1OC. The zero-order valence-corrected chi connectivity index (χ0v) is 21.1. The summed E-state index contributed by atoms with van der Waals surface area (Å²) in [6.07, 6.45) is 3.41. The van der Waals surface area contributed by atoms with E-state index >= 15 is 0 Å². The smallest absolute Gasteiger partial charge is 0.240 e. The minimum atomic E-state index is -0.165. The van der Waals surface area contributed by atoms with Crippen molar-refractivity contribution in [3.05, 3.63) is 52.0 Å². The van der Waals surface area contributed by atoms with Gasteiger partial charge in [-0.05, 0) is 75.6 Å². The summed E-state index contributed by atoms with van der Waals surface area (Å²) >= 11 is 3.56. The van der Waals surface area contributed by atoms with Crippen LogP contribution in [0.5, 0.6) is 17.2 Å². The molecule has 1 N–H and O–H groups in total. The monoisotopic (exact) mass is 504 g/mol. The summed E-state index contributed by atoms with van der Waals surface area (Å²) in [5.74, 6) is 1.93. The third-order valence-electron chi connectivity index (χ3n) is 4.66. The van der Waals surface area contributed by atoms with Crippen molar-refractivity contribution in [1.82, 2.24) is 5.43 Å². The van der Waals surface area contributed by atoms with Gasteiger partial charge in [0.15, 0.2) is 11.5 Å². The lowest BCUT2D eigenvalue weighted by molar-refractivity contribution is -0.121. The number of benzene rings is 2. The number of hydrogen-bond acceptors (Lipinski definition) is 5. The van der Waals surface area contributed by atoms with Gasteiger partial charge < -0.3 is 14.2 Å². The molecule has 0 saturated heterocycles. The lowest BCUT2D eigenvalue weighted by Gasteiger charge is -2.20. The minimum absolute atomic E-state index is 0.0790. The number of hydrazone groups is 1. The molecular formula is C25H33BrN2O4. The van der Waals surface area contributed by atoms with Crippen molar-refractivity contribution >= 4 is 28.1 Å². The second-order valence-corrected chi connectivity index (χ2v) is 9.25.